The smallest absolute Gasteiger partial charge is 0.244 e. The lowest BCUT2D eigenvalue weighted by atomic mass is 10.2. The molecule has 0 fully saturated rings. The molecule has 0 saturated carbocycles. The predicted molar refractivity (Wildman–Crippen MR) is 91.2 cm³/mol. The average molecular weight is 377 g/mol. The van der Waals surface area contributed by atoms with Crippen molar-refractivity contribution in [2.24, 2.45) is 0 Å². The Hall–Kier alpha value is -2.34. The van der Waals surface area contributed by atoms with Crippen LogP contribution in [0, 0.1) is 5.82 Å². The van der Waals surface area contributed by atoms with E-state index in [-0.39, 0.29) is 18.1 Å². The average Bonchev–Trinajstić information content (AvgIpc) is 2.92. The van der Waals surface area contributed by atoms with Crippen LogP contribution in [0.2, 0.25) is 0 Å². The molecule has 118 valence electrons. The van der Waals surface area contributed by atoms with E-state index in [2.05, 4.69) is 21.2 Å². The van der Waals surface area contributed by atoms with Gasteiger partial charge in [-0.3, -0.25) is 4.79 Å². The summed E-state index contributed by atoms with van der Waals surface area (Å²) in [5.41, 5.74) is 1.08. The van der Waals surface area contributed by atoms with E-state index in [9.17, 15) is 9.18 Å². The maximum Gasteiger partial charge on any atom is 0.244 e. The molecule has 1 amide bonds. The first-order valence-corrected chi connectivity index (χ1v) is 7.74. The summed E-state index contributed by atoms with van der Waals surface area (Å²) in [5, 5.41) is 3.56. The van der Waals surface area contributed by atoms with Gasteiger partial charge in [-0.15, -0.1) is 0 Å². The number of benzene rings is 2. The molecule has 4 nitrogen and oxygen atoms in total. The van der Waals surface area contributed by atoms with Gasteiger partial charge in [0.15, 0.2) is 0 Å². The summed E-state index contributed by atoms with van der Waals surface area (Å²) in [6.45, 7) is 0.103. The highest BCUT2D eigenvalue weighted by Gasteiger charge is 2.10. The highest BCUT2D eigenvalue weighted by molar-refractivity contribution is 9.10. The van der Waals surface area contributed by atoms with Crippen LogP contribution < -0.4 is 10.1 Å². The van der Waals surface area contributed by atoms with E-state index in [0.29, 0.717) is 4.47 Å². The summed E-state index contributed by atoms with van der Waals surface area (Å²) >= 11 is 3.18. The molecule has 6 heteroatoms. The summed E-state index contributed by atoms with van der Waals surface area (Å²) in [6.07, 6.45) is 1.82. The number of halogens is 2. The molecule has 23 heavy (non-hydrogen) atoms. The van der Waals surface area contributed by atoms with Crippen LogP contribution in [-0.2, 0) is 11.3 Å². The molecule has 0 unspecified atom stereocenters. The lowest BCUT2D eigenvalue weighted by Crippen LogP contribution is -2.18. The molecule has 0 aliphatic heterocycles. The van der Waals surface area contributed by atoms with E-state index in [1.807, 2.05) is 30.5 Å². The van der Waals surface area contributed by atoms with Crippen molar-refractivity contribution in [3.05, 3.63) is 59.0 Å². The molecular formula is C17H14BrFN2O2. The zero-order valence-electron chi connectivity index (χ0n) is 12.3. The zero-order valence-corrected chi connectivity index (χ0v) is 13.9. The van der Waals surface area contributed by atoms with E-state index >= 15 is 0 Å². The van der Waals surface area contributed by atoms with Crippen LogP contribution in [0.15, 0.2) is 53.1 Å². The number of hydrogen-bond acceptors (Lipinski definition) is 2. The van der Waals surface area contributed by atoms with Gasteiger partial charge in [-0.05, 0) is 42.5 Å². The summed E-state index contributed by atoms with van der Waals surface area (Å²) in [5.74, 6) is -0.00833. The Labute approximate surface area is 141 Å². The minimum atomic E-state index is -0.477. The Morgan fingerprint density at radius 3 is 2.83 bits per heavy atom. The van der Waals surface area contributed by atoms with Gasteiger partial charge < -0.3 is 14.6 Å². The van der Waals surface area contributed by atoms with Gasteiger partial charge in [0.1, 0.15) is 18.1 Å². The fraction of sp³-hybridized carbons (Fsp3) is 0.118. The maximum absolute atomic E-state index is 13.8. The van der Waals surface area contributed by atoms with Crippen molar-refractivity contribution in [3.8, 4) is 5.75 Å². The van der Waals surface area contributed by atoms with Crippen LogP contribution in [0.25, 0.3) is 10.9 Å². The second-order valence-electron chi connectivity index (χ2n) is 5.04. The highest BCUT2D eigenvalue weighted by Crippen LogP contribution is 2.22. The number of rotatable bonds is 4. The fourth-order valence-corrected chi connectivity index (χ4v) is 2.71. The third kappa shape index (κ3) is 3.37. The standard InChI is InChI=1S/C17H14BrFN2O2/c1-23-13-3-5-16-11(8-13)6-7-21(16)10-17(22)20-15-4-2-12(18)9-14(15)19/h2-9H,10H2,1H3,(H,20,22). The van der Waals surface area contributed by atoms with Crippen molar-refractivity contribution in [2.45, 2.75) is 6.54 Å². The predicted octanol–water partition coefficient (Wildman–Crippen LogP) is 4.19. The first kappa shape index (κ1) is 15.6. The van der Waals surface area contributed by atoms with Crippen molar-refractivity contribution in [1.29, 1.82) is 0 Å². The molecule has 1 N–H and O–H groups in total. The topological polar surface area (TPSA) is 43.3 Å². The molecule has 0 spiro atoms. The molecule has 2 aromatic carbocycles. The Kier molecular flexibility index (Phi) is 4.34. The Morgan fingerprint density at radius 2 is 2.09 bits per heavy atom. The number of amides is 1. The van der Waals surface area contributed by atoms with Gasteiger partial charge in [0.25, 0.3) is 0 Å². The molecule has 1 heterocycles. The number of carbonyl (C=O) groups excluding carboxylic acids is 1. The maximum atomic E-state index is 13.8. The molecule has 3 rings (SSSR count). The SMILES string of the molecule is COc1ccc2c(ccn2CC(=O)Nc2ccc(Br)cc2F)c1. The second kappa shape index (κ2) is 6.42. The molecule has 0 radical (unpaired) electrons. The lowest BCUT2D eigenvalue weighted by molar-refractivity contribution is -0.116. The second-order valence-corrected chi connectivity index (χ2v) is 5.96. The normalized spacial score (nSPS) is 10.7. The van der Waals surface area contributed by atoms with E-state index in [1.54, 1.807) is 17.7 Å². The Morgan fingerprint density at radius 1 is 1.26 bits per heavy atom. The van der Waals surface area contributed by atoms with Gasteiger partial charge in [0.05, 0.1) is 12.8 Å². The van der Waals surface area contributed by atoms with Crippen LogP contribution in [-0.4, -0.2) is 17.6 Å². The number of ether oxygens (including phenoxy) is 1. The van der Waals surface area contributed by atoms with Crippen LogP contribution in [0.5, 0.6) is 5.75 Å². The van der Waals surface area contributed by atoms with Gasteiger partial charge in [0.2, 0.25) is 5.91 Å². The zero-order chi connectivity index (χ0) is 16.4. The Balaban J connectivity index is 1.77. The van der Waals surface area contributed by atoms with Crippen molar-refractivity contribution >= 4 is 38.4 Å². The Bertz CT molecular complexity index is 876. The third-order valence-corrected chi connectivity index (χ3v) is 3.99. The van der Waals surface area contributed by atoms with Gasteiger partial charge in [-0.1, -0.05) is 15.9 Å². The lowest BCUT2D eigenvalue weighted by Gasteiger charge is -2.09. The summed E-state index contributed by atoms with van der Waals surface area (Å²) in [6, 6.07) is 12.1. The molecule has 1 aromatic heterocycles. The van der Waals surface area contributed by atoms with E-state index in [4.69, 9.17) is 4.74 Å². The van der Waals surface area contributed by atoms with Crippen molar-refractivity contribution in [1.82, 2.24) is 4.57 Å². The number of fused-ring (bicyclic) bond motifs is 1. The van der Waals surface area contributed by atoms with Gasteiger partial charge in [-0.25, -0.2) is 4.39 Å². The molecule has 3 aromatic rings. The van der Waals surface area contributed by atoms with Gasteiger partial charge in [0, 0.05) is 21.6 Å². The first-order chi connectivity index (χ1) is 11.1. The monoisotopic (exact) mass is 376 g/mol. The van der Waals surface area contributed by atoms with Crippen molar-refractivity contribution in [2.75, 3.05) is 12.4 Å². The fourth-order valence-electron chi connectivity index (χ4n) is 2.38. The van der Waals surface area contributed by atoms with E-state index in [0.717, 1.165) is 16.7 Å². The number of carbonyl (C=O) groups is 1. The van der Waals surface area contributed by atoms with Crippen molar-refractivity contribution in [3.63, 3.8) is 0 Å². The molecule has 0 bridgehead atoms. The summed E-state index contributed by atoms with van der Waals surface area (Å²) < 4.78 is 21.4. The van der Waals surface area contributed by atoms with Crippen LogP contribution in [0.1, 0.15) is 0 Å². The summed E-state index contributed by atoms with van der Waals surface area (Å²) in [4.78, 5) is 12.1. The van der Waals surface area contributed by atoms with E-state index in [1.165, 1.54) is 12.1 Å². The molecule has 0 saturated heterocycles. The molecule has 0 atom stereocenters. The first-order valence-electron chi connectivity index (χ1n) is 6.94. The van der Waals surface area contributed by atoms with Crippen LogP contribution in [0.3, 0.4) is 0 Å². The minimum Gasteiger partial charge on any atom is -0.497 e. The number of nitrogens with zero attached hydrogens (tertiary/aromatic N) is 1. The molecular weight excluding hydrogens is 363 g/mol. The number of methoxy groups -OCH3 is 1. The number of anilines is 1. The number of hydrogen-bond donors (Lipinski definition) is 1. The molecule has 0 aliphatic carbocycles. The van der Waals surface area contributed by atoms with Gasteiger partial charge >= 0.3 is 0 Å². The largest absolute Gasteiger partial charge is 0.497 e. The highest BCUT2D eigenvalue weighted by atomic mass is 79.9. The van der Waals surface area contributed by atoms with Gasteiger partial charge in [-0.2, -0.15) is 0 Å². The summed E-state index contributed by atoms with van der Waals surface area (Å²) in [7, 11) is 1.61. The van der Waals surface area contributed by atoms with E-state index < -0.39 is 5.82 Å². The van der Waals surface area contributed by atoms with Crippen LogP contribution in [0.4, 0.5) is 10.1 Å². The number of aromatic nitrogens is 1. The third-order valence-electron chi connectivity index (χ3n) is 3.50. The molecule has 0 aliphatic rings. The van der Waals surface area contributed by atoms with Crippen molar-refractivity contribution < 1.29 is 13.9 Å². The minimum absolute atomic E-state index is 0.103. The number of nitrogens with one attached hydrogen (secondary N) is 1. The van der Waals surface area contributed by atoms with Crippen LogP contribution >= 0.6 is 15.9 Å². The quantitative estimate of drug-likeness (QED) is 0.741.